The van der Waals surface area contributed by atoms with Gasteiger partial charge in [0.1, 0.15) is 11.5 Å². The van der Waals surface area contributed by atoms with Crippen LogP contribution in [-0.4, -0.2) is 17.9 Å². The number of hydrogen-bond donors (Lipinski definition) is 2. The van der Waals surface area contributed by atoms with Gasteiger partial charge in [0, 0.05) is 11.9 Å². The maximum atomic E-state index is 13.2. The highest BCUT2D eigenvalue weighted by Crippen LogP contribution is 2.29. The number of nitrogens with one attached hydrogen (secondary N) is 1. The zero-order valence-electron chi connectivity index (χ0n) is 12.6. The molecule has 1 heterocycles. The number of fused-ring (bicyclic) bond motifs is 1. The van der Waals surface area contributed by atoms with Crippen LogP contribution < -0.4 is 11.1 Å². The molecule has 1 aromatic heterocycles. The van der Waals surface area contributed by atoms with E-state index >= 15 is 0 Å². The number of rotatable bonds is 4. The lowest BCUT2D eigenvalue weighted by Crippen LogP contribution is -2.13. The quantitative estimate of drug-likeness (QED) is 0.778. The molecule has 0 radical (unpaired) electrons. The Morgan fingerprint density at radius 1 is 1.17 bits per heavy atom. The van der Waals surface area contributed by atoms with Gasteiger partial charge in [0.25, 0.3) is 5.91 Å². The van der Waals surface area contributed by atoms with E-state index in [1.165, 1.54) is 12.1 Å². The van der Waals surface area contributed by atoms with Crippen LogP contribution in [0.1, 0.15) is 16.1 Å². The van der Waals surface area contributed by atoms with Gasteiger partial charge in [0.05, 0.1) is 5.52 Å². The molecule has 5 heteroatoms. The standard InChI is InChI=1S/C18H16FN3O/c1-21-10-11-2-7-14-15(12-3-5-13(19)6-4-12)9-17(18(20)23)22-16(14)8-11/h2-9,21H,10H2,1H3,(H2,20,23). The molecule has 0 bridgehead atoms. The van der Waals surface area contributed by atoms with Gasteiger partial charge < -0.3 is 11.1 Å². The minimum Gasteiger partial charge on any atom is -0.364 e. The van der Waals surface area contributed by atoms with Gasteiger partial charge in [-0.1, -0.05) is 24.3 Å². The molecule has 0 fully saturated rings. The Balaban J connectivity index is 2.25. The predicted octanol–water partition coefficient (Wildman–Crippen LogP) is 2.86. The van der Waals surface area contributed by atoms with Crippen molar-refractivity contribution < 1.29 is 9.18 Å². The molecule has 0 aliphatic carbocycles. The lowest BCUT2D eigenvalue weighted by molar-refractivity contribution is 0.0996. The molecule has 0 saturated heterocycles. The molecule has 0 unspecified atom stereocenters. The highest BCUT2D eigenvalue weighted by Gasteiger charge is 2.12. The molecular formula is C18H16FN3O. The van der Waals surface area contributed by atoms with Crippen LogP contribution in [0, 0.1) is 5.82 Å². The van der Waals surface area contributed by atoms with Crippen molar-refractivity contribution in [1.82, 2.24) is 10.3 Å². The van der Waals surface area contributed by atoms with Gasteiger partial charge in [-0.25, -0.2) is 9.37 Å². The first-order chi connectivity index (χ1) is 11.1. The Morgan fingerprint density at radius 2 is 1.91 bits per heavy atom. The summed E-state index contributed by atoms with van der Waals surface area (Å²) in [6, 6.07) is 13.7. The molecule has 2 aromatic carbocycles. The van der Waals surface area contributed by atoms with E-state index in [2.05, 4.69) is 10.3 Å². The number of carbonyl (C=O) groups is 1. The number of nitrogens with zero attached hydrogens (tertiary/aromatic N) is 1. The molecule has 0 atom stereocenters. The molecular weight excluding hydrogens is 293 g/mol. The average molecular weight is 309 g/mol. The molecule has 1 amide bonds. The molecule has 116 valence electrons. The Kier molecular flexibility index (Phi) is 4.04. The zero-order valence-corrected chi connectivity index (χ0v) is 12.6. The number of benzene rings is 2. The Morgan fingerprint density at radius 3 is 2.57 bits per heavy atom. The Bertz CT molecular complexity index is 875. The van der Waals surface area contributed by atoms with Crippen LogP contribution in [0.15, 0.2) is 48.5 Å². The van der Waals surface area contributed by atoms with Gasteiger partial charge >= 0.3 is 0 Å². The van der Waals surface area contributed by atoms with E-state index in [4.69, 9.17) is 5.73 Å². The molecule has 0 aliphatic rings. The van der Waals surface area contributed by atoms with E-state index in [0.29, 0.717) is 12.1 Å². The van der Waals surface area contributed by atoms with E-state index in [-0.39, 0.29) is 11.5 Å². The average Bonchev–Trinajstić information content (AvgIpc) is 2.54. The molecule has 4 nitrogen and oxygen atoms in total. The van der Waals surface area contributed by atoms with Gasteiger partial charge in [-0.05, 0) is 48.0 Å². The summed E-state index contributed by atoms with van der Waals surface area (Å²) >= 11 is 0. The van der Waals surface area contributed by atoms with E-state index in [0.717, 1.165) is 22.1 Å². The van der Waals surface area contributed by atoms with Crippen molar-refractivity contribution in [3.63, 3.8) is 0 Å². The van der Waals surface area contributed by atoms with Crippen LogP contribution >= 0.6 is 0 Å². The minimum absolute atomic E-state index is 0.193. The maximum Gasteiger partial charge on any atom is 0.267 e. The highest BCUT2D eigenvalue weighted by atomic mass is 19.1. The summed E-state index contributed by atoms with van der Waals surface area (Å²) in [6.45, 7) is 0.699. The zero-order chi connectivity index (χ0) is 16.4. The summed E-state index contributed by atoms with van der Waals surface area (Å²) in [5, 5.41) is 3.97. The van der Waals surface area contributed by atoms with E-state index in [1.807, 2.05) is 25.2 Å². The maximum absolute atomic E-state index is 13.2. The fourth-order valence-electron chi connectivity index (χ4n) is 2.58. The van der Waals surface area contributed by atoms with E-state index < -0.39 is 5.91 Å². The normalized spacial score (nSPS) is 10.9. The topological polar surface area (TPSA) is 68.0 Å². The number of pyridine rings is 1. The van der Waals surface area contributed by atoms with Crippen molar-refractivity contribution in [2.75, 3.05) is 7.05 Å². The monoisotopic (exact) mass is 309 g/mol. The lowest BCUT2D eigenvalue weighted by Gasteiger charge is -2.10. The molecule has 3 N–H and O–H groups in total. The van der Waals surface area contributed by atoms with Crippen LogP contribution in [0.5, 0.6) is 0 Å². The molecule has 0 spiro atoms. The summed E-state index contributed by atoms with van der Waals surface area (Å²) in [6.07, 6.45) is 0. The van der Waals surface area contributed by atoms with Crippen LogP contribution in [0.2, 0.25) is 0 Å². The van der Waals surface area contributed by atoms with Crippen LogP contribution in [0.4, 0.5) is 4.39 Å². The van der Waals surface area contributed by atoms with Crippen LogP contribution in [-0.2, 0) is 6.54 Å². The highest BCUT2D eigenvalue weighted by molar-refractivity contribution is 6.00. The molecule has 23 heavy (non-hydrogen) atoms. The third-order valence-electron chi connectivity index (χ3n) is 3.66. The molecule has 0 saturated carbocycles. The Labute approximate surface area is 133 Å². The van der Waals surface area contributed by atoms with Crippen LogP contribution in [0.3, 0.4) is 0 Å². The first-order valence-electron chi connectivity index (χ1n) is 7.22. The summed E-state index contributed by atoms with van der Waals surface area (Å²) in [7, 11) is 1.86. The second kappa shape index (κ2) is 6.14. The fourth-order valence-corrected chi connectivity index (χ4v) is 2.58. The first kappa shape index (κ1) is 15.1. The fraction of sp³-hybridized carbons (Fsp3) is 0.111. The van der Waals surface area contributed by atoms with Crippen molar-refractivity contribution in [3.8, 4) is 11.1 Å². The summed E-state index contributed by atoms with van der Waals surface area (Å²) in [5.41, 5.74) is 8.95. The number of hydrogen-bond acceptors (Lipinski definition) is 3. The number of nitrogens with two attached hydrogens (primary N) is 1. The van der Waals surface area contributed by atoms with Crippen molar-refractivity contribution in [2.45, 2.75) is 6.54 Å². The first-order valence-corrected chi connectivity index (χ1v) is 7.22. The van der Waals surface area contributed by atoms with Crippen molar-refractivity contribution in [1.29, 1.82) is 0 Å². The van der Waals surface area contributed by atoms with Gasteiger partial charge in [0.15, 0.2) is 0 Å². The SMILES string of the molecule is CNCc1ccc2c(-c3ccc(F)cc3)cc(C(N)=O)nc2c1. The third-order valence-corrected chi connectivity index (χ3v) is 3.66. The predicted molar refractivity (Wildman–Crippen MR) is 88.4 cm³/mol. The van der Waals surface area contributed by atoms with Crippen molar-refractivity contribution in [2.24, 2.45) is 5.73 Å². The van der Waals surface area contributed by atoms with E-state index in [9.17, 15) is 9.18 Å². The van der Waals surface area contributed by atoms with Gasteiger partial charge in [-0.2, -0.15) is 0 Å². The summed E-state index contributed by atoms with van der Waals surface area (Å²) in [5.74, 6) is -0.896. The summed E-state index contributed by atoms with van der Waals surface area (Å²) < 4.78 is 13.2. The molecule has 0 aliphatic heterocycles. The Hall–Kier alpha value is -2.79. The number of carbonyl (C=O) groups excluding carboxylic acids is 1. The van der Waals surface area contributed by atoms with Crippen molar-refractivity contribution in [3.05, 3.63) is 65.6 Å². The smallest absolute Gasteiger partial charge is 0.267 e. The van der Waals surface area contributed by atoms with E-state index in [1.54, 1.807) is 18.2 Å². The van der Waals surface area contributed by atoms with Crippen LogP contribution in [0.25, 0.3) is 22.0 Å². The van der Waals surface area contributed by atoms with Crippen molar-refractivity contribution >= 4 is 16.8 Å². The molecule has 3 aromatic rings. The second-order valence-electron chi connectivity index (χ2n) is 5.31. The largest absolute Gasteiger partial charge is 0.364 e. The lowest BCUT2D eigenvalue weighted by atomic mass is 9.98. The second-order valence-corrected chi connectivity index (χ2v) is 5.31. The summed E-state index contributed by atoms with van der Waals surface area (Å²) in [4.78, 5) is 15.9. The third kappa shape index (κ3) is 3.05. The number of amides is 1. The molecule has 3 rings (SSSR count). The number of primary amides is 1. The van der Waals surface area contributed by atoms with Gasteiger partial charge in [-0.15, -0.1) is 0 Å². The number of halogens is 1. The van der Waals surface area contributed by atoms with Gasteiger partial charge in [-0.3, -0.25) is 4.79 Å². The minimum atomic E-state index is -0.589. The number of aromatic nitrogens is 1. The van der Waals surface area contributed by atoms with Gasteiger partial charge in [0.2, 0.25) is 0 Å².